The van der Waals surface area contributed by atoms with Crippen molar-refractivity contribution in [3.05, 3.63) is 0 Å². The SMILES string of the molecule is CC1(C)CCNC[N]1. The number of hydrogen-bond acceptors (Lipinski definition) is 1. The summed E-state index contributed by atoms with van der Waals surface area (Å²) in [5, 5.41) is 7.52. The van der Waals surface area contributed by atoms with Crippen molar-refractivity contribution >= 4 is 0 Å². The van der Waals surface area contributed by atoms with Gasteiger partial charge in [0, 0.05) is 5.54 Å². The third-order valence-electron chi connectivity index (χ3n) is 1.53. The Morgan fingerprint density at radius 2 is 2.25 bits per heavy atom. The molecule has 47 valence electrons. The van der Waals surface area contributed by atoms with Crippen LogP contribution in [0, 0.1) is 0 Å². The van der Waals surface area contributed by atoms with Crippen LogP contribution in [0.1, 0.15) is 20.3 Å². The monoisotopic (exact) mass is 113 g/mol. The highest BCUT2D eigenvalue weighted by molar-refractivity contribution is 4.80. The van der Waals surface area contributed by atoms with Crippen molar-refractivity contribution in [2.75, 3.05) is 13.2 Å². The third kappa shape index (κ3) is 1.46. The van der Waals surface area contributed by atoms with Gasteiger partial charge in [-0.1, -0.05) is 0 Å². The van der Waals surface area contributed by atoms with E-state index in [2.05, 4.69) is 24.5 Å². The average Bonchev–Trinajstić information content (AvgIpc) is 1.65. The Morgan fingerprint density at radius 3 is 2.50 bits per heavy atom. The van der Waals surface area contributed by atoms with Crippen molar-refractivity contribution in [3.63, 3.8) is 0 Å². The summed E-state index contributed by atoms with van der Waals surface area (Å²) in [6.45, 7) is 6.31. The van der Waals surface area contributed by atoms with Gasteiger partial charge in [0.1, 0.15) is 0 Å². The molecule has 8 heavy (non-hydrogen) atoms. The van der Waals surface area contributed by atoms with Gasteiger partial charge in [-0.05, 0) is 26.8 Å². The zero-order chi connectivity index (χ0) is 6.04. The van der Waals surface area contributed by atoms with Gasteiger partial charge in [0.05, 0.1) is 6.67 Å². The van der Waals surface area contributed by atoms with Crippen LogP contribution in [0.3, 0.4) is 0 Å². The molecular weight excluding hydrogens is 100 g/mol. The maximum Gasteiger partial charge on any atom is 0.0630 e. The van der Waals surface area contributed by atoms with Gasteiger partial charge < -0.3 is 5.32 Å². The zero-order valence-corrected chi connectivity index (χ0v) is 5.57. The molecule has 1 rings (SSSR count). The van der Waals surface area contributed by atoms with Gasteiger partial charge in [0.15, 0.2) is 0 Å². The number of rotatable bonds is 0. The number of nitrogens with one attached hydrogen (secondary N) is 1. The molecule has 0 aromatic rings. The van der Waals surface area contributed by atoms with E-state index in [4.69, 9.17) is 0 Å². The third-order valence-corrected chi connectivity index (χ3v) is 1.53. The van der Waals surface area contributed by atoms with Gasteiger partial charge in [-0.25, -0.2) is 5.32 Å². The van der Waals surface area contributed by atoms with E-state index < -0.39 is 0 Å². The van der Waals surface area contributed by atoms with Gasteiger partial charge in [-0.2, -0.15) is 0 Å². The molecule has 0 unspecified atom stereocenters. The first-order valence-electron chi connectivity index (χ1n) is 3.10. The molecule has 1 aliphatic rings. The topological polar surface area (TPSA) is 26.1 Å². The van der Waals surface area contributed by atoms with Gasteiger partial charge in [0.25, 0.3) is 0 Å². The first kappa shape index (κ1) is 6.05. The van der Waals surface area contributed by atoms with Crippen molar-refractivity contribution in [2.45, 2.75) is 25.8 Å². The first-order chi connectivity index (χ1) is 3.71. The zero-order valence-electron chi connectivity index (χ0n) is 5.57. The minimum atomic E-state index is 0.241. The van der Waals surface area contributed by atoms with E-state index >= 15 is 0 Å². The van der Waals surface area contributed by atoms with Crippen LogP contribution in [0.5, 0.6) is 0 Å². The molecule has 0 atom stereocenters. The molecule has 1 radical (unpaired) electrons. The van der Waals surface area contributed by atoms with Gasteiger partial charge in [-0.3, -0.25) is 0 Å². The molecule has 1 fully saturated rings. The highest BCUT2D eigenvalue weighted by Crippen LogP contribution is 2.10. The fraction of sp³-hybridized carbons (Fsp3) is 1.00. The molecule has 1 saturated heterocycles. The smallest absolute Gasteiger partial charge is 0.0630 e. The predicted molar refractivity (Wildman–Crippen MR) is 33.7 cm³/mol. The van der Waals surface area contributed by atoms with Crippen LogP contribution in [0.25, 0.3) is 0 Å². The molecular formula is C6H13N2. The minimum Gasteiger partial charge on any atom is -0.303 e. The summed E-state index contributed by atoms with van der Waals surface area (Å²) in [6.07, 6.45) is 1.17. The molecule has 1 N–H and O–H groups in total. The van der Waals surface area contributed by atoms with Crippen molar-refractivity contribution in [1.82, 2.24) is 10.6 Å². The van der Waals surface area contributed by atoms with E-state index in [1.165, 1.54) is 6.42 Å². The van der Waals surface area contributed by atoms with E-state index in [0.717, 1.165) is 13.2 Å². The second-order valence-corrected chi connectivity index (χ2v) is 2.88. The molecule has 2 heteroatoms. The average molecular weight is 113 g/mol. The Labute approximate surface area is 50.7 Å². The molecule has 0 saturated carbocycles. The molecule has 0 bridgehead atoms. The number of nitrogens with zero attached hydrogens (tertiary/aromatic N) is 1. The summed E-state index contributed by atoms with van der Waals surface area (Å²) < 4.78 is 0. The van der Waals surface area contributed by atoms with Crippen LogP contribution >= 0.6 is 0 Å². The Morgan fingerprint density at radius 1 is 1.50 bits per heavy atom. The summed E-state index contributed by atoms with van der Waals surface area (Å²) in [5.74, 6) is 0. The van der Waals surface area contributed by atoms with Crippen LogP contribution in [0.2, 0.25) is 0 Å². The van der Waals surface area contributed by atoms with E-state index in [9.17, 15) is 0 Å². The van der Waals surface area contributed by atoms with Crippen LogP contribution in [0.4, 0.5) is 0 Å². The summed E-state index contributed by atoms with van der Waals surface area (Å²) in [5.41, 5.74) is 0.241. The molecule has 0 aromatic heterocycles. The highest BCUT2D eigenvalue weighted by atomic mass is 15.1. The lowest BCUT2D eigenvalue weighted by molar-refractivity contribution is 0.289. The van der Waals surface area contributed by atoms with Crippen LogP contribution < -0.4 is 10.6 Å². The lowest BCUT2D eigenvalue weighted by Gasteiger charge is -2.29. The summed E-state index contributed by atoms with van der Waals surface area (Å²) >= 11 is 0. The van der Waals surface area contributed by atoms with E-state index in [1.807, 2.05) is 0 Å². The maximum absolute atomic E-state index is 4.35. The fourth-order valence-electron chi connectivity index (χ4n) is 0.822. The lowest BCUT2D eigenvalue weighted by Crippen LogP contribution is -2.46. The van der Waals surface area contributed by atoms with E-state index in [1.54, 1.807) is 0 Å². The predicted octanol–water partition coefficient (Wildman–Crippen LogP) is 0.320. The van der Waals surface area contributed by atoms with Crippen molar-refractivity contribution in [1.29, 1.82) is 0 Å². The van der Waals surface area contributed by atoms with Gasteiger partial charge >= 0.3 is 0 Å². The quantitative estimate of drug-likeness (QED) is 0.481. The highest BCUT2D eigenvalue weighted by Gasteiger charge is 2.20. The molecule has 0 aromatic carbocycles. The normalized spacial score (nSPS) is 27.8. The van der Waals surface area contributed by atoms with Crippen molar-refractivity contribution in [2.24, 2.45) is 0 Å². The Hall–Kier alpha value is -0.0800. The molecule has 0 spiro atoms. The summed E-state index contributed by atoms with van der Waals surface area (Å²) in [4.78, 5) is 0. The molecule has 0 amide bonds. The van der Waals surface area contributed by atoms with Crippen LogP contribution in [-0.4, -0.2) is 18.8 Å². The van der Waals surface area contributed by atoms with Gasteiger partial charge in [0.2, 0.25) is 0 Å². The summed E-state index contributed by atoms with van der Waals surface area (Å²) in [7, 11) is 0. The fourth-order valence-corrected chi connectivity index (χ4v) is 0.822. The molecule has 1 heterocycles. The Bertz CT molecular complexity index is 70.6. The van der Waals surface area contributed by atoms with Crippen LogP contribution in [0.15, 0.2) is 0 Å². The minimum absolute atomic E-state index is 0.241. The second kappa shape index (κ2) is 2.03. The van der Waals surface area contributed by atoms with Crippen molar-refractivity contribution < 1.29 is 0 Å². The molecule has 2 nitrogen and oxygen atoms in total. The molecule has 1 aliphatic heterocycles. The van der Waals surface area contributed by atoms with Crippen molar-refractivity contribution in [3.8, 4) is 0 Å². The lowest BCUT2D eigenvalue weighted by atomic mass is 10.00. The Balaban J connectivity index is 2.33. The second-order valence-electron chi connectivity index (χ2n) is 2.88. The largest absolute Gasteiger partial charge is 0.303 e. The van der Waals surface area contributed by atoms with E-state index in [-0.39, 0.29) is 5.54 Å². The maximum atomic E-state index is 4.35. The first-order valence-corrected chi connectivity index (χ1v) is 3.10. The number of hydrogen-bond donors (Lipinski definition) is 1. The standard InChI is InChI=1S/C6H13N2/c1-6(2)3-4-7-5-8-6/h7H,3-5H2,1-2H3. The van der Waals surface area contributed by atoms with E-state index in [0.29, 0.717) is 0 Å². The van der Waals surface area contributed by atoms with Gasteiger partial charge in [-0.15, -0.1) is 0 Å². The summed E-state index contributed by atoms with van der Waals surface area (Å²) in [6, 6.07) is 0. The Kier molecular flexibility index (Phi) is 1.54. The molecule has 0 aliphatic carbocycles. The van der Waals surface area contributed by atoms with Crippen LogP contribution in [-0.2, 0) is 0 Å².